The molecule has 2 aliphatic heterocycles. The average molecular weight is 670 g/mol. The van der Waals surface area contributed by atoms with E-state index in [1.165, 1.54) is 21.8 Å². The van der Waals surface area contributed by atoms with Gasteiger partial charge in [0.05, 0.1) is 43.4 Å². The van der Waals surface area contributed by atoms with Crippen molar-refractivity contribution in [1.29, 1.82) is 0 Å². The van der Waals surface area contributed by atoms with Crippen LogP contribution in [0, 0.1) is 12.8 Å². The summed E-state index contributed by atoms with van der Waals surface area (Å²) in [7, 11) is -9.95. The Kier molecular flexibility index (Phi) is 7.46. The highest BCUT2D eigenvalue weighted by molar-refractivity contribution is 7.47. The van der Waals surface area contributed by atoms with E-state index < -0.39 is 83.1 Å². The molecular weight excluding hydrogens is 642 g/mol. The Bertz CT molecular complexity index is 1930. The fourth-order valence-electron chi connectivity index (χ4n) is 6.19. The molecule has 0 amide bonds. The van der Waals surface area contributed by atoms with Gasteiger partial charge in [-0.15, -0.1) is 0 Å². The number of aliphatic hydroxyl groups excluding tert-OH is 2. The van der Waals surface area contributed by atoms with Crippen molar-refractivity contribution >= 4 is 43.7 Å². The summed E-state index contributed by atoms with van der Waals surface area (Å²) in [5.74, 6) is -0.754. The van der Waals surface area contributed by atoms with E-state index in [4.69, 9.17) is 28.6 Å². The fourth-order valence-corrected chi connectivity index (χ4v) is 8.17. The maximum Gasteiger partial charge on any atom is 0.472 e. The lowest BCUT2D eigenvalue weighted by Gasteiger charge is -2.26. The monoisotopic (exact) mass is 670 g/mol. The van der Waals surface area contributed by atoms with Gasteiger partial charge in [0, 0.05) is 12.1 Å². The molecule has 7 N–H and O–H groups in total. The van der Waals surface area contributed by atoms with Gasteiger partial charge in [-0.05, 0) is 18.9 Å². The quantitative estimate of drug-likeness (QED) is 0.149. The summed E-state index contributed by atoms with van der Waals surface area (Å²) in [6.07, 6.45) is -3.65. The van der Waals surface area contributed by atoms with Crippen molar-refractivity contribution in [3.05, 3.63) is 41.1 Å². The van der Waals surface area contributed by atoms with Crippen molar-refractivity contribution in [3.63, 3.8) is 0 Å². The smallest absolute Gasteiger partial charge is 0.390 e. The first-order valence-electron chi connectivity index (χ1n) is 13.6. The summed E-state index contributed by atoms with van der Waals surface area (Å²) in [5, 5.41) is 22.9. The molecule has 2 bridgehead atoms. The van der Waals surface area contributed by atoms with Gasteiger partial charge in [0.1, 0.15) is 42.2 Å². The summed E-state index contributed by atoms with van der Waals surface area (Å²) in [5.41, 5.74) is 6.50. The van der Waals surface area contributed by atoms with Gasteiger partial charge in [0.25, 0.3) is 5.56 Å². The molecule has 4 aromatic rings. The molecule has 3 aliphatic rings. The Balaban J connectivity index is 1.21. The van der Waals surface area contributed by atoms with E-state index in [-0.39, 0.29) is 23.4 Å². The molecule has 0 aromatic carbocycles. The topological polar surface area (TPSA) is 282 Å². The van der Waals surface area contributed by atoms with Crippen LogP contribution in [0.4, 0.5) is 5.82 Å². The van der Waals surface area contributed by atoms with Crippen LogP contribution in [-0.2, 0) is 32.0 Å². The summed E-state index contributed by atoms with van der Waals surface area (Å²) in [6, 6.07) is -0.930. The highest BCUT2D eigenvalue weighted by Crippen LogP contribution is 2.55. The normalized spacial score (nSPS) is 37.7. The minimum atomic E-state index is -5.00. The van der Waals surface area contributed by atoms with Crippen LogP contribution in [0.2, 0.25) is 0 Å². The van der Waals surface area contributed by atoms with E-state index in [1.807, 2.05) is 0 Å². The Morgan fingerprint density at radius 3 is 2.49 bits per heavy atom. The van der Waals surface area contributed by atoms with Crippen molar-refractivity contribution in [2.24, 2.45) is 5.92 Å². The van der Waals surface area contributed by atoms with Crippen molar-refractivity contribution in [2.45, 2.75) is 56.1 Å². The zero-order chi connectivity index (χ0) is 31.8. The van der Waals surface area contributed by atoms with E-state index in [1.54, 1.807) is 13.1 Å². The summed E-state index contributed by atoms with van der Waals surface area (Å²) in [6.45, 7) is 0.417. The van der Waals surface area contributed by atoms with Crippen molar-refractivity contribution < 1.29 is 52.0 Å². The first kappa shape index (κ1) is 30.5. The number of aromatic amines is 1. The number of nitrogens with two attached hydrogens (primary N) is 1. The number of fused-ring (bicyclic) bond motifs is 5. The second-order valence-electron chi connectivity index (χ2n) is 11.0. The van der Waals surface area contributed by atoms with Crippen molar-refractivity contribution in [2.75, 3.05) is 18.9 Å². The maximum absolute atomic E-state index is 13.3. The number of rotatable bonds is 2. The number of imidazole rings is 1. The first-order chi connectivity index (χ1) is 21.3. The number of aliphatic hydroxyl groups is 2. The number of phosphoric ester groups is 2. The van der Waals surface area contributed by atoms with Crippen LogP contribution >= 0.6 is 15.6 Å². The van der Waals surface area contributed by atoms with E-state index in [0.717, 1.165) is 6.33 Å². The Morgan fingerprint density at radius 2 is 1.71 bits per heavy atom. The van der Waals surface area contributed by atoms with E-state index in [9.17, 15) is 33.9 Å². The van der Waals surface area contributed by atoms with E-state index in [2.05, 4.69) is 24.9 Å². The van der Waals surface area contributed by atoms with Crippen LogP contribution in [0.15, 0.2) is 30.0 Å². The first-order valence-corrected chi connectivity index (χ1v) is 16.6. The third kappa shape index (κ3) is 5.31. The zero-order valence-electron chi connectivity index (χ0n) is 23.3. The van der Waals surface area contributed by atoms with Gasteiger partial charge in [-0.25, -0.2) is 29.1 Å². The lowest BCUT2D eigenvalue weighted by Crippen LogP contribution is -2.36. The van der Waals surface area contributed by atoms with Gasteiger partial charge in [0.15, 0.2) is 17.4 Å². The number of nitrogens with one attached hydrogen (secondary N) is 1. The number of aryl methyl sites for hydroxylation is 1. The number of anilines is 1. The number of nitrogen functional groups attached to an aromatic ring is 1. The van der Waals surface area contributed by atoms with Crippen molar-refractivity contribution in [1.82, 2.24) is 34.1 Å². The van der Waals surface area contributed by atoms with Gasteiger partial charge in [-0.2, -0.15) is 0 Å². The number of nitrogens with zero attached hydrogens (tertiary/aromatic N) is 6. The molecule has 10 atom stereocenters. The summed E-state index contributed by atoms with van der Waals surface area (Å²) >= 11 is 0. The Hall–Kier alpha value is -3.13. The second kappa shape index (κ2) is 11.0. The minimum Gasteiger partial charge on any atom is -0.390 e. The van der Waals surface area contributed by atoms with Crippen LogP contribution in [0.3, 0.4) is 0 Å². The van der Waals surface area contributed by atoms with Crippen LogP contribution in [-0.4, -0.2) is 97.8 Å². The number of aromatic nitrogens is 7. The molecule has 0 radical (unpaired) electrons. The third-order valence-corrected chi connectivity index (χ3v) is 10.2. The molecule has 1 saturated carbocycles. The SMILES string of the molecule is Cc1cn([C@@H]2O[C@@H]3COP(=O)(O)OC4C(O)[C@@H](COP(=O)(O)OC3C2O)C[C@H]4n2cnc3c(=O)[nH]cnc32)c2ncnc(N)c12. The Morgan fingerprint density at radius 1 is 0.978 bits per heavy atom. The van der Waals surface area contributed by atoms with Gasteiger partial charge >= 0.3 is 15.6 Å². The predicted octanol–water partition coefficient (Wildman–Crippen LogP) is -0.347. The predicted molar refractivity (Wildman–Crippen MR) is 149 cm³/mol. The van der Waals surface area contributed by atoms with E-state index >= 15 is 0 Å². The molecular formula is C23H28N8O12P2. The zero-order valence-corrected chi connectivity index (χ0v) is 25.0. The average Bonchev–Trinajstić information content (AvgIpc) is 3.71. The number of ether oxygens (including phenoxy) is 1. The van der Waals surface area contributed by atoms with Crippen LogP contribution in [0.1, 0.15) is 24.3 Å². The van der Waals surface area contributed by atoms with Crippen LogP contribution in [0.25, 0.3) is 22.2 Å². The molecule has 7 rings (SSSR count). The highest BCUT2D eigenvalue weighted by atomic mass is 31.2. The molecule has 0 spiro atoms. The number of hydrogen-bond donors (Lipinski definition) is 6. The molecule has 242 valence electrons. The molecule has 6 unspecified atom stereocenters. The molecule has 3 fully saturated rings. The third-order valence-electron chi connectivity index (χ3n) is 8.24. The van der Waals surface area contributed by atoms with Crippen LogP contribution < -0.4 is 11.3 Å². The molecule has 45 heavy (non-hydrogen) atoms. The highest BCUT2D eigenvalue weighted by Gasteiger charge is 2.53. The standard InChI is InChI=1S/C23H28N8O12P2/c1-9-3-30(20-13(9)19(24)25-6-26-20)23-16(33)18-12(41-23)5-40-45(37,38)42-17-11(2-10(15(17)32)4-39-44(35,36)43-18)31-8-29-14-21(31)27-7-28-22(14)34/h3,6-8,10-12,15-18,23,32-33H,2,4-5H2,1H3,(H,35,36)(H,37,38)(H2,24,25,26)(H,27,28,34)/t10-,11-,12-,15?,16?,17?,18?,23-/m1/s1. The summed E-state index contributed by atoms with van der Waals surface area (Å²) < 4.78 is 56.5. The van der Waals surface area contributed by atoms with Gasteiger partial charge in [0.2, 0.25) is 0 Å². The number of phosphoric acid groups is 2. The van der Waals surface area contributed by atoms with Gasteiger partial charge in [-0.3, -0.25) is 22.9 Å². The van der Waals surface area contributed by atoms with Gasteiger partial charge in [-0.1, -0.05) is 0 Å². The molecule has 20 nitrogen and oxygen atoms in total. The van der Waals surface area contributed by atoms with Gasteiger partial charge < -0.3 is 44.6 Å². The minimum absolute atomic E-state index is 0.0172. The molecule has 6 heterocycles. The summed E-state index contributed by atoms with van der Waals surface area (Å²) in [4.78, 5) is 52.4. The second-order valence-corrected chi connectivity index (χ2v) is 13.8. The fraction of sp³-hybridized carbons (Fsp3) is 0.522. The Labute approximate surface area is 251 Å². The largest absolute Gasteiger partial charge is 0.472 e. The molecule has 22 heteroatoms. The maximum atomic E-state index is 13.3. The molecule has 4 aromatic heterocycles. The molecule has 2 saturated heterocycles. The van der Waals surface area contributed by atoms with E-state index in [0.29, 0.717) is 16.6 Å². The van der Waals surface area contributed by atoms with Crippen molar-refractivity contribution in [3.8, 4) is 0 Å². The number of H-pyrrole nitrogens is 1. The lowest BCUT2D eigenvalue weighted by molar-refractivity contribution is -0.0551. The van der Waals surface area contributed by atoms with Crippen LogP contribution in [0.5, 0.6) is 0 Å². The lowest BCUT2D eigenvalue weighted by atomic mass is 10.1. The molecule has 1 aliphatic carbocycles. The number of hydrogen-bond acceptors (Lipinski definition) is 15.